The zero-order chi connectivity index (χ0) is 14.1. The summed E-state index contributed by atoms with van der Waals surface area (Å²) in [7, 11) is 0. The maximum atomic E-state index is 13.1. The Hall–Kier alpha value is -2.08. The second-order valence-corrected chi connectivity index (χ2v) is 5.02. The van der Waals surface area contributed by atoms with Crippen LogP contribution in [0, 0.1) is 5.82 Å². The third-order valence-electron chi connectivity index (χ3n) is 2.74. The zero-order valence-corrected chi connectivity index (χ0v) is 11.9. The number of benzene rings is 2. The summed E-state index contributed by atoms with van der Waals surface area (Å²) in [6.45, 7) is 0.0934. The monoisotopic (exact) mass is 336 g/mol. The van der Waals surface area contributed by atoms with E-state index in [9.17, 15) is 4.39 Å². The Balaban J connectivity index is 1.83. The van der Waals surface area contributed by atoms with E-state index in [0.29, 0.717) is 32.9 Å². The molecule has 0 radical (unpaired) electrons. The average Bonchev–Trinajstić information content (AvgIpc) is 2.84. The van der Waals surface area contributed by atoms with E-state index in [1.54, 1.807) is 24.3 Å². The SMILES string of the molecule is Nc1cccc2oc(COc3cc(F)ccc3Br)nc12. The highest BCUT2D eigenvalue weighted by Crippen LogP contribution is 2.27. The number of halogens is 2. The molecule has 0 aliphatic carbocycles. The van der Waals surface area contributed by atoms with Crippen molar-refractivity contribution in [1.82, 2.24) is 4.98 Å². The van der Waals surface area contributed by atoms with E-state index in [-0.39, 0.29) is 12.4 Å². The van der Waals surface area contributed by atoms with Gasteiger partial charge in [-0.25, -0.2) is 9.37 Å². The van der Waals surface area contributed by atoms with Gasteiger partial charge in [0.2, 0.25) is 5.89 Å². The molecule has 0 amide bonds. The minimum atomic E-state index is -0.370. The Bertz CT molecular complexity index is 773. The van der Waals surface area contributed by atoms with Crippen LogP contribution in [0.3, 0.4) is 0 Å². The minimum Gasteiger partial charge on any atom is -0.483 e. The molecule has 0 aliphatic rings. The largest absolute Gasteiger partial charge is 0.483 e. The molecule has 0 unspecified atom stereocenters. The number of oxazole rings is 1. The Morgan fingerprint density at radius 3 is 2.95 bits per heavy atom. The standard InChI is InChI=1S/C14H10BrFN2O2/c15-9-5-4-8(16)6-12(9)19-7-13-18-14-10(17)2-1-3-11(14)20-13/h1-6H,7,17H2. The maximum absolute atomic E-state index is 13.1. The highest BCUT2D eigenvalue weighted by Gasteiger charge is 2.10. The molecule has 0 fully saturated rings. The topological polar surface area (TPSA) is 61.3 Å². The number of nitrogen functional groups attached to an aromatic ring is 1. The molecule has 0 saturated carbocycles. The van der Waals surface area contributed by atoms with Crippen molar-refractivity contribution in [1.29, 1.82) is 0 Å². The van der Waals surface area contributed by atoms with Crippen molar-refractivity contribution in [2.45, 2.75) is 6.61 Å². The molecular weight excluding hydrogens is 327 g/mol. The normalized spacial score (nSPS) is 10.9. The fourth-order valence-electron chi connectivity index (χ4n) is 1.80. The van der Waals surface area contributed by atoms with Crippen LogP contribution < -0.4 is 10.5 Å². The second-order valence-electron chi connectivity index (χ2n) is 4.17. The van der Waals surface area contributed by atoms with E-state index in [1.807, 2.05) is 0 Å². The van der Waals surface area contributed by atoms with Crippen molar-refractivity contribution < 1.29 is 13.5 Å². The van der Waals surface area contributed by atoms with Gasteiger partial charge >= 0.3 is 0 Å². The molecule has 0 saturated heterocycles. The van der Waals surface area contributed by atoms with Crippen LogP contribution in [0.2, 0.25) is 0 Å². The quantitative estimate of drug-likeness (QED) is 0.737. The lowest BCUT2D eigenvalue weighted by Crippen LogP contribution is -1.96. The van der Waals surface area contributed by atoms with Gasteiger partial charge in [0.15, 0.2) is 12.2 Å². The number of fused-ring (bicyclic) bond motifs is 1. The molecule has 0 atom stereocenters. The van der Waals surface area contributed by atoms with Crippen LogP contribution in [0.15, 0.2) is 45.3 Å². The third kappa shape index (κ3) is 2.46. The lowest BCUT2D eigenvalue weighted by molar-refractivity contribution is 0.264. The van der Waals surface area contributed by atoms with E-state index >= 15 is 0 Å². The first-order chi connectivity index (χ1) is 9.63. The van der Waals surface area contributed by atoms with Gasteiger partial charge in [0.1, 0.15) is 17.1 Å². The van der Waals surface area contributed by atoms with Gasteiger partial charge in [0.25, 0.3) is 0 Å². The van der Waals surface area contributed by atoms with Crippen molar-refractivity contribution in [3.8, 4) is 5.75 Å². The molecule has 0 spiro atoms. The summed E-state index contributed by atoms with van der Waals surface area (Å²) in [4.78, 5) is 4.25. The zero-order valence-electron chi connectivity index (χ0n) is 10.3. The smallest absolute Gasteiger partial charge is 0.233 e. The molecule has 3 aromatic rings. The van der Waals surface area contributed by atoms with E-state index < -0.39 is 0 Å². The average molecular weight is 337 g/mol. The summed E-state index contributed by atoms with van der Waals surface area (Å²) in [5.74, 6) is 0.402. The number of hydrogen-bond donors (Lipinski definition) is 1. The molecule has 6 heteroatoms. The predicted molar refractivity (Wildman–Crippen MR) is 76.9 cm³/mol. The van der Waals surface area contributed by atoms with Crippen LogP contribution in [0.25, 0.3) is 11.1 Å². The number of ether oxygens (including phenoxy) is 1. The van der Waals surface area contributed by atoms with Crippen molar-refractivity contribution in [3.05, 3.63) is 52.6 Å². The van der Waals surface area contributed by atoms with Crippen LogP contribution in [0.5, 0.6) is 5.75 Å². The molecule has 1 aromatic heterocycles. The molecule has 20 heavy (non-hydrogen) atoms. The predicted octanol–water partition coefficient (Wildman–Crippen LogP) is 3.89. The van der Waals surface area contributed by atoms with Gasteiger partial charge in [-0.15, -0.1) is 0 Å². The van der Waals surface area contributed by atoms with Crippen molar-refractivity contribution >= 4 is 32.7 Å². The number of rotatable bonds is 3. The molecule has 2 aromatic carbocycles. The van der Waals surface area contributed by atoms with Gasteiger partial charge < -0.3 is 14.9 Å². The first kappa shape index (κ1) is 12.9. The van der Waals surface area contributed by atoms with Crippen LogP contribution in [0.1, 0.15) is 5.89 Å². The lowest BCUT2D eigenvalue weighted by atomic mass is 10.3. The number of hydrogen-bond acceptors (Lipinski definition) is 4. The number of nitrogens with two attached hydrogens (primary N) is 1. The fraction of sp³-hybridized carbons (Fsp3) is 0.0714. The maximum Gasteiger partial charge on any atom is 0.233 e. The highest BCUT2D eigenvalue weighted by atomic mass is 79.9. The Labute approximate surface area is 122 Å². The van der Waals surface area contributed by atoms with E-state index in [2.05, 4.69) is 20.9 Å². The molecule has 3 rings (SSSR count). The van der Waals surface area contributed by atoms with Crippen molar-refractivity contribution in [2.24, 2.45) is 0 Å². The summed E-state index contributed by atoms with van der Waals surface area (Å²) >= 11 is 3.29. The van der Waals surface area contributed by atoms with Crippen molar-refractivity contribution in [3.63, 3.8) is 0 Å². The van der Waals surface area contributed by atoms with Gasteiger partial charge in [0, 0.05) is 6.07 Å². The Morgan fingerprint density at radius 2 is 2.15 bits per heavy atom. The summed E-state index contributed by atoms with van der Waals surface area (Å²) in [5, 5.41) is 0. The van der Waals surface area contributed by atoms with Crippen molar-refractivity contribution in [2.75, 3.05) is 5.73 Å². The lowest BCUT2D eigenvalue weighted by Gasteiger charge is -2.05. The molecule has 102 valence electrons. The molecule has 1 heterocycles. The molecule has 0 bridgehead atoms. The number of para-hydroxylation sites is 1. The van der Waals surface area contributed by atoms with Crippen LogP contribution in [-0.4, -0.2) is 4.98 Å². The summed E-state index contributed by atoms with van der Waals surface area (Å²) in [6, 6.07) is 9.53. The fourth-order valence-corrected chi connectivity index (χ4v) is 2.17. The first-order valence-corrected chi connectivity index (χ1v) is 6.64. The molecule has 4 nitrogen and oxygen atoms in total. The minimum absolute atomic E-state index is 0.0934. The van der Waals surface area contributed by atoms with E-state index in [1.165, 1.54) is 12.1 Å². The van der Waals surface area contributed by atoms with E-state index in [4.69, 9.17) is 14.9 Å². The second kappa shape index (κ2) is 5.13. The molecule has 0 aliphatic heterocycles. The Morgan fingerprint density at radius 1 is 1.30 bits per heavy atom. The number of anilines is 1. The van der Waals surface area contributed by atoms with Gasteiger partial charge in [-0.05, 0) is 40.2 Å². The van der Waals surface area contributed by atoms with Crippen LogP contribution >= 0.6 is 15.9 Å². The van der Waals surface area contributed by atoms with Crippen LogP contribution in [0.4, 0.5) is 10.1 Å². The summed E-state index contributed by atoms with van der Waals surface area (Å²) < 4.78 is 24.8. The first-order valence-electron chi connectivity index (χ1n) is 5.85. The van der Waals surface area contributed by atoms with Crippen LogP contribution in [-0.2, 0) is 6.61 Å². The number of aromatic nitrogens is 1. The third-order valence-corrected chi connectivity index (χ3v) is 3.39. The molecular formula is C14H10BrFN2O2. The highest BCUT2D eigenvalue weighted by molar-refractivity contribution is 9.10. The van der Waals surface area contributed by atoms with Gasteiger partial charge in [0.05, 0.1) is 10.2 Å². The summed E-state index contributed by atoms with van der Waals surface area (Å²) in [5.41, 5.74) is 7.55. The Kier molecular flexibility index (Phi) is 3.31. The van der Waals surface area contributed by atoms with Gasteiger partial charge in [-0.1, -0.05) is 6.07 Å². The number of nitrogens with zero attached hydrogens (tertiary/aromatic N) is 1. The van der Waals surface area contributed by atoms with Gasteiger partial charge in [-0.3, -0.25) is 0 Å². The van der Waals surface area contributed by atoms with E-state index in [0.717, 1.165) is 0 Å². The van der Waals surface area contributed by atoms with Gasteiger partial charge in [-0.2, -0.15) is 0 Å². The summed E-state index contributed by atoms with van der Waals surface area (Å²) in [6.07, 6.45) is 0. The molecule has 2 N–H and O–H groups in total.